The first-order valence-electron chi connectivity index (χ1n) is 12.6. The van der Waals surface area contributed by atoms with Gasteiger partial charge < -0.3 is 15.5 Å². The molecule has 5 rings (SSSR count). The van der Waals surface area contributed by atoms with Crippen LogP contribution in [0.3, 0.4) is 0 Å². The lowest BCUT2D eigenvalue weighted by atomic mass is 9.82. The summed E-state index contributed by atoms with van der Waals surface area (Å²) in [6.45, 7) is 6.75. The lowest BCUT2D eigenvalue weighted by Gasteiger charge is -2.34. The molecule has 3 heterocycles. The van der Waals surface area contributed by atoms with Gasteiger partial charge in [0, 0.05) is 19.0 Å². The van der Waals surface area contributed by atoms with Gasteiger partial charge in [-0.1, -0.05) is 19.8 Å². The van der Waals surface area contributed by atoms with Gasteiger partial charge in [0.1, 0.15) is 16.9 Å². The number of rotatable bonds is 5. The van der Waals surface area contributed by atoms with Crippen LogP contribution in [-0.4, -0.2) is 53.8 Å². The molecule has 0 radical (unpaired) electrons. The Bertz CT molecular complexity index is 1280. The maximum atomic E-state index is 13.2. The number of carbonyl (C=O) groups excluding carboxylic acids is 1. The Balaban J connectivity index is 1.25. The van der Waals surface area contributed by atoms with Crippen LogP contribution in [-0.2, 0) is 21.2 Å². The lowest BCUT2D eigenvalue weighted by molar-refractivity contribution is -0.125. The zero-order chi connectivity index (χ0) is 25.0. The summed E-state index contributed by atoms with van der Waals surface area (Å²) in [7, 11) is -3.48. The summed E-state index contributed by atoms with van der Waals surface area (Å²) in [5.41, 5.74) is 8.96. The number of aliphatic imine (C=N–C) groups is 1. The van der Waals surface area contributed by atoms with Gasteiger partial charge in [-0.25, -0.2) is 12.7 Å². The quantitative estimate of drug-likeness (QED) is 0.647. The Morgan fingerprint density at radius 3 is 2.57 bits per heavy atom. The van der Waals surface area contributed by atoms with Gasteiger partial charge in [0.05, 0.1) is 5.75 Å². The van der Waals surface area contributed by atoms with Crippen LogP contribution < -0.4 is 11.1 Å². The van der Waals surface area contributed by atoms with Gasteiger partial charge in [-0.2, -0.15) is 4.98 Å². The third-order valence-corrected chi connectivity index (χ3v) is 10.1. The molecule has 10 heteroatoms. The number of nitrogens with one attached hydrogen (secondary N) is 1. The number of piperidine rings is 1. The van der Waals surface area contributed by atoms with Crippen molar-refractivity contribution in [3.05, 3.63) is 22.8 Å². The second-order valence-corrected chi connectivity index (χ2v) is 12.7. The highest BCUT2D eigenvalue weighted by atomic mass is 32.2. The highest BCUT2D eigenvalue weighted by molar-refractivity contribution is 7.89. The van der Waals surface area contributed by atoms with Crippen molar-refractivity contribution in [2.45, 2.75) is 71.3 Å². The van der Waals surface area contributed by atoms with Gasteiger partial charge >= 0.3 is 0 Å². The number of carbonyl (C=O) groups is 1. The summed E-state index contributed by atoms with van der Waals surface area (Å²) in [5.74, 6) is 1.81. The van der Waals surface area contributed by atoms with E-state index >= 15 is 0 Å². The van der Waals surface area contributed by atoms with E-state index < -0.39 is 15.6 Å². The highest BCUT2D eigenvalue weighted by Crippen LogP contribution is 2.36. The van der Waals surface area contributed by atoms with Crippen molar-refractivity contribution in [1.29, 1.82) is 0 Å². The number of nitrogen functional groups attached to an aromatic ring is 1. The predicted octanol–water partition coefficient (Wildman–Crippen LogP) is 3.09. The molecule has 9 nitrogen and oxygen atoms in total. The topological polar surface area (TPSA) is 131 Å². The summed E-state index contributed by atoms with van der Waals surface area (Å²) >= 11 is 0. The third-order valence-electron chi connectivity index (χ3n) is 8.25. The number of nitrogens with two attached hydrogens (primary N) is 1. The maximum absolute atomic E-state index is 13.2. The van der Waals surface area contributed by atoms with Gasteiger partial charge in [0.2, 0.25) is 10.0 Å². The first-order chi connectivity index (χ1) is 16.6. The first kappa shape index (κ1) is 24.2. The van der Waals surface area contributed by atoms with E-state index in [2.05, 4.69) is 17.2 Å². The number of nitrogens with zero attached hydrogens (tertiary/aromatic N) is 3. The molecule has 1 aromatic heterocycles. The van der Waals surface area contributed by atoms with E-state index in [-0.39, 0.29) is 17.7 Å². The summed E-state index contributed by atoms with van der Waals surface area (Å²) in [6.07, 6.45) is 5.66. The fraction of sp³-hybridized carbons (Fsp3) is 0.640. The van der Waals surface area contributed by atoms with Crippen molar-refractivity contribution in [1.82, 2.24) is 14.6 Å². The van der Waals surface area contributed by atoms with Crippen LogP contribution in [0.5, 0.6) is 0 Å². The van der Waals surface area contributed by atoms with Crippen LogP contribution in [0, 0.1) is 25.7 Å². The van der Waals surface area contributed by atoms with Gasteiger partial charge in [-0.05, 0) is 74.6 Å². The molecule has 1 amide bonds. The minimum atomic E-state index is -3.48. The average Bonchev–Trinajstić information content (AvgIpc) is 3.34. The van der Waals surface area contributed by atoms with Crippen LogP contribution in [0.25, 0.3) is 11.1 Å². The number of amidine groups is 1. The van der Waals surface area contributed by atoms with Crippen LogP contribution >= 0.6 is 0 Å². The fourth-order valence-corrected chi connectivity index (χ4v) is 7.39. The number of amides is 1. The largest absolute Gasteiger partial charge is 0.423 e. The van der Waals surface area contributed by atoms with Crippen molar-refractivity contribution < 1.29 is 17.6 Å². The Hall–Kier alpha value is -2.46. The van der Waals surface area contributed by atoms with E-state index in [1.54, 1.807) is 0 Å². The molecular formula is C25H35N5O4S. The normalized spacial score (nSPS) is 25.2. The molecular weight excluding hydrogens is 466 g/mol. The number of anilines is 1. The Labute approximate surface area is 206 Å². The van der Waals surface area contributed by atoms with Crippen molar-refractivity contribution in [3.8, 4) is 0 Å². The fourth-order valence-electron chi connectivity index (χ4n) is 5.93. The molecule has 1 aromatic carbocycles. The number of oxazole rings is 1. The average molecular weight is 502 g/mol. The number of sulfonamides is 1. The van der Waals surface area contributed by atoms with E-state index in [1.165, 1.54) is 4.31 Å². The van der Waals surface area contributed by atoms with Crippen LogP contribution in [0.1, 0.15) is 62.1 Å². The number of hydrogen-bond donors (Lipinski definition) is 2. The molecule has 35 heavy (non-hydrogen) atoms. The summed E-state index contributed by atoms with van der Waals surface area (Å²) < 4.78 is 33.5. The van der Waals surface area contributed by atoms with Gasteiger partial charge in [-0.3, -0.25) is 9.79 Å². The van der Waals surface area contributed by atoms with Gasteiger partial charge in [0.25, 0.3) is 11.9 Å². The van der Waals surface area contributed by atoms with E-state index in [4.69, 9.17) is 15.1 Å². The highest BCUT2D eigenvalue weighted by Gasteiger charge is 2.48. The zero-order valence-electron chi connectivity index (χ0n) is 20.8. The molecule has 0 bridgehead atoms. The van der Waals surface area contributed by atoms with Crippen molar-refractivity contribution >= 4 is 38.9 Å². The molecule has 1 saturated carbocycles. The molecule has 1 saturated heterocycles. The van der Waals surface area contributed by atoms with Crippen LogP contribution in [0.15, 0.2) is 15.5 Å². The smallest absolute Gasteiger partial charge is 0.292 e. The standard InChI is InChI=1S/C25H35N5O4S/c1-15-4-6-18(7-5-15)22-28-23(31)25(29-22)9-11-30(12-10-25)35(32,33)13-8-19-16(2)14-20-21(17(19)3)34-24(26)27-20/h14-15,18H,4-13H2,1-3H3,(H2,26,27)(H,28,29,31). The third kappa shape index (κ3) is 4.46. The molecule has 0 atom stereocenters. The van der Waals surface area contributed by atoms with E-state index in [9.17, 15) is 13.2 Å². The molecule has 1 spiro atoms. The first-order valence-corrected chi connectivity index (χ1v) is 14.2. The maximum Gasteiger partial charge on any atom is 0.292 e. The Kier molecular flexibility index (Phi) is 6.15. The van der Waals surface area contributed by atoms with E-state index in [1.807, 2.05) is 19.9 Å². The second-order valence-electron chi connectivity index (χ2n) is 10.6. The van der Waals surface area contributed by atoms with Crippen molar-refractivity contribution in [2.75, 3.05) is 24.6 Å². The number of aromatic nitrogens is 1. The van der Waals surface area contributed by atoms with E-state index in [0.717, 1.165) is 54.1 Å². The van der Waals surface area contributed by atoms with Crippen LogP contribution in [0.4, 0.5) is 6.01 Å². The predicted molar refractivity (Wildman–Crippen MR) is 136 cm³/mol. The summed E-state index contributed by atoms with van der Waals surface area (Å²) in [5, 5.41) is 3.05. The monoisotopic (exact) mass is 501 g/mol. The lowest BCUT2D eigenvalue weighted by Crippen LogP contribution is -2.51. The van der Waals surface area contributed by atoms with Crippen molar-refractivity contribution in [3.63, 3.8) is 0 Å². The molecule has 2 aliphatic heterocycles. The molecule has 3 N–H and O–H groups in total. The minimum Gasteiger partial charge on any atom is -0.423 e. The Morgan fingerprint density at radius 2 is 1.89 bits per heavy atom. The number of fused-ring (bicyclic) bond motifs is 1. The summed E-state index contributed by atoms with van der Waals surface area (Å²) in [4.78, 5) is 22.0. The van der Waals surface area contributed by atoms with E-state index in [0.29, 0.717) is 49.4 Å². The minimum absolute atomic E-state index is 0.00220. The molecule has 3 aliphatic rings. The number of benzene rings is 1. The molecule has 2 aromatic rings. The molecule has 0 unspecified atom stereocenters. The molecule has 2 fully saturated rings. The van der Waals surface area contributed by atoms with Crippen molar-refractivity contribution in [2.24, 2.45) is 16.8 Å². The van der Waals surface area contributed by atoms with Crippen LogP contribution in [0.2, 0.25) is 0 Å². The van der Waals surface area contributed by atoms with Gasteiger partial charge in [-0.15, -0.1) is 0 Å². The Morgan fingerprint density at radius 1 is 1.20 bits per heavy atom. The molecule has 190 valence electrons. The number of hydrogen-bond acceptors (Lipinski definition) is 7. The SMILES string of the molecule is Cc1cc2nc(N)oc2c(C)c1CCS(=O)(=O)N1CCC2(CC1)N=C(C1CCC(C)CC1)NC2=O. The molecule has 1 aliphatic carbocycles. The second kappa shape index (κ2) is 8.89. The number of aryl methyl sites for hydroxylation is 2. The van der Waals surface area contributed by atoms with Gasteiger partial charge in [0.15, 0.2) is 5.58 Å². The zero-order valence-corrected chi connectivity index (χ0v) is 21.6. The summed E-state index contributed by atoms with van der Waals surface area (Å²) in [6, 6.07) is 1.99.